The van der Waals surface area contributed by atoms with Crippen LogP contribution in [0.15, 0.2) is 12.4 Å². The monoisotopic (exact) mass is 287 g/mol. The summed E-state index contributed by atoms with van der Waals surface area (Å²) in [7, 11) is 1.64. The number of fused-ring (bicyclic) bond motifs is 1. The molecule has 0 aliphatic carbocycles. The highest BCUT2D eigenvalue weighted by Gasteiger charge is 2.18. The van der Waals surface area contributed by atoms with Gasteiger partial charge in [0.2, 0.25) is 5.91 Å². The van der Waals surface area contributed by atoms with E-state index >= 15 is 0 Å². The first kappa shape index (κ1) is 15.2. The van der Waals surface area contributed by atoms with Crippen molar-refractivity contribution >= 4 is 22.8 Å². The van der Waals surface area contributed by atoms with Crippen molar-refractivity contribution in [2.75, 3.05) is 12.4 Å². The predicted octanol–water partition coefficient (Wildman–Crippen LogP) is 1.97. The van der Waals surface area contributed by atoms with Crippen molar-refractivity contribution in [1.29, 1.82) is 0 Å². The van der Waals surface area contributed by atoms with Gasteiger partial charge in [-0.1, -0.05) is 13.3 Å². The smallest absolute Gasteiger partial charge is 0.242 e. The van der Waals surface area contributed by atoms with Crippen molar-refractivity contribution in [1.82, 2.24) is 20.3 Å². The molecule has 112 valence electrons. The fourth-order valence-electron chi connectivity index (χ4n) is 2.42. The van der Waals surface area contributed by atoms with Crippen LogP contribution >= 0.6 is 0 Å². The number of hydrogen-bond acceptors (Lipinski definition) is 5. The van der Waals surface area contributed by atoms with Crippen molar-refractivity contribution in [2.45, 2.75) is 39.7 Å². The summed E-state index contributed by atoms with van der Waals surface area (Å²) >= 11 is 0. The van der Waals surface area contributed by atoms with Gasteiger partial charge >= 0.3 is 0 Å². The molecule has 0 aromatic carbocycles. The first-order chi connectivity index (χ1) is 10.1. The highest BCUT2D eigenvalue weighted by Crippen LogP contribution is 2.23. The van der Waals surface area contributed by atoms with Crippen LogP contribution in [0.5, 0.6) is 0 Å². The molecule has 0 fully saturated rings. The first-order valence-corrected chi connectivity index (χ1v) is 7.14. The number of anilines is 1. The Morgan fingerprint density at radius 1 is 1.33 bits per heavy atom. The minimum atomic E-state index is -0.307. The van der Waals surface area contributed by atoms with E-state index in [1.807, 2.05) is 26.8 Å². The van der Waals surface area contributed by atoms with Crippen LogP contribution in [0.1, 0.15) is 31.0 Å². The van der Waals surface area contributed by atoms with Crippen LogP contribution in [0.3, 0.4) is 0 Å². The van der Waals surface area contributed by atoms with Gasteiger partial charge in [-0.25, -0.2) is 15.0 Å². The number of rotatable bonds is 5. The third-order valence-corrected chi connectivity index (χ3v) is 3.38. The van der Waals surface area contributed by atoms with Crippen LogP contribution in [0, 0.1) is 13.8 Å². The molecule has 0 aliphatic heterocycles. The quantitative estimate of drug-likeness (QED) is 0.879. The summed E-state index contributed by atoms with van der Waals surface area (Å²) in [5.41, 5.74) is 2.62. The third kappa shape index (κ3) is 3.26. The molecule has 0 saturated carbocycles. The van der Waals surface area contributed by atoms with Crippen LogP contribution in [0.25, 0.3) is 11.0 Å². The Balaban J connectivity index is 2.44. The molecule has 0 bridgehead atoms. The van der Waals surface area contributed by atoms with E-state index in [4.69, 9.17) is 0 Å². The maximum absolute atomic E-state index is 11.9. The van der Waals surface area contributed by atoms with Gasteiger partial charge in [-0.2, -0.15) is 0 Å². The van der Waals surface area contributed by atoms with Crippen molar-refractivity contribution in [3.05, 3.63) is 23.7 Å². The second-order valence-electron chi connectivity index (χ2n) is 5.10. The summed E-state index contributed by atoms with van der Waals surface area (Å²) in [6, 6.07) is 1.68. The number of pyridine rings is 1. The summed E-state index contributed by atoms with van der Waals surface area (Å²) in [6.07, 6.45) is 3.12. The van der Waals surface area contributed by atoms with Crippen molar-refractivity contribution in [3.8, 4) is 0 Å². The van der Waals surface area contributed by atoms with Gasteiger partial charge in [-0.05, 0) is 31.9 Å². The maximum Gasteiger partial charge on any atom is 0.242 e. The number of carbonyl (C=O) groups is 1. The van der Waals surface area contributed by atoms with Crippen molar-refractivity contribution in [3.63, 3.8) is 0 Å². The van der Waals surface area contributed by atoms with E-state index in [0.29, 0.717) is 11.5 Å². The fourth-order valence-corrected chi connectivity index (χ4v) is 2.42. The Morgan fingerprint density at radius 3 is 2.76 bits per heavy atom. The number of carbonyl (C=O) groups excluding carboxylic acids is 1. The summed E-state index contributed by atoms with van der Waals surface area (Å²) in [4.78, 5) is 24.9. The molecule has 0 spiro atoms. The second kappa shape index (κ2) is 6.47. The molecular formula is C15H21N5O. The predicted molar refractivity (Wildman–Crippen MR) is 83.2 cm³/mol. The molecule has 2 heterocycles. The molecule has 1 unspecified atom stereocenters. The number of aromatic nitrogens is 3. The van der Waals surface area contributed by atoms with Crippen molar-refractivity contribution < 1.29 is 4.79 Å². The lowest BCUT2D eigenvalue weighted by molar-refractivity contribution is -0.121. The molecule has 0 saturated heterocycles. The highest BCUT2D eigenvalue weighted by atomic mass is 16.2. The lowest BCUT2D eigenvalue weighted by Crippen LogP contribution is -2.38. The van der Waals surface area contributed by atoms with E-state index in [1.54, 1.807) is 7.05 Å². The lowest BCUT2D eigenvalue weighted by Gasteiger charge is -2.18. The Morgan fingerprint density at radius 2 is 2.10 bits per heavy atom. The van der Waals surface area contributed by atoms with Gasteiger partial charge in [0.1, 0.15) is 18.2 Å². The highest BCUT2D eigenvalue weighted by molar-refractivity contribution is 5.92. The standard InChI is InChI=1S/C15H21N5O/c1-5-6-11(15(21)16-4)20-14-12-9(2)7-10(3)19-13(12)17-8-18-14/h7-8,11H,5-6H2,1-4H3,(H,16,21)(H,17,18,19,20). The van der Waals surface area contributed by atoms with Crippen molar-refractivity contribution in [2.24, 2.45) is 0 Å². The molecule has 2 aromatic rings. The average Bonchev–Trinajstić information content (AvgIpc) is 2.45. The Bertz CT molecular complexity index is 656. The normalized spacial score (nSPS) is 12.2. The number of hydrogen-bond donors (Lipinski definition) is 2. The Kier molecular flexibility index (Phi) is 4.67. The maximum atomic E-state index is 11.9. The van der Waals surface area contributed by atoms with Crippen LogP contribution in [-0.4, -0.2) is 33.9 Å². The average molecular weight is 287 g/mol. The number of aryl methyl sites for hydroxylation is 2. The fraction of sp³-hybridized carbons (Fsp3) is 0.467. The SMILES string of the molecule is CCCC(Nc1ncnc2nc(C)cc(C)c12)C(=O)NC. The number of nitrogens with zero attached hydrogens (tertiary/aromatic N) is 3. The van der Waals surface area contributed by atoms with E-state index in [9.17, 15) is 4.79 Å². The van der Waals surface area contributed by atoms with Gasteiger partial charge in [-0.15, -0.1) is 0 Å². The minimum absolute atomic E-state index is 0.0404. The van der Waals surface area contributed by atoms with E-state index in [2.05, 4.69) is 25.6 Å². The molecule has 2 aromatic heterocycles. The zero-order chi connectivity index (χ0) is 15.4. The largest absolute Gasteiger partial charge is 0.358 e. The molecule has 2 rings (SSSR count). The zero-order valence-corrected chi connectivity index (χ0v) is 12.9. The number of nitrogens with one attached hydrogen (secondary N) is 2. The summed E-state index contributed by atoms with van der Waals surface area (Å²) in [5, 5.41) is 6.78. The minimum Gasteiger partial charge on any atom is -0.358 e. The van der Waals surface area contributed by atoms with Crippen LogP contribution < -0.4 is 10.6 Å². The summed E-state index contributed by atoms with van der Waals surface area (Å²) in [6.45, 7) is 5.98. The molecule has 1 amide bonds. The second-order valence-corrected chi connectivity index (χ2v) is 5.10. The molecule has 0 aliphatic rings. The van der Waals surface area contributed by atoms with Gasteiger partial charge in [0.15, 0.2) is 5.65 Å². The number of likely N-dealkylation sites (N-methyl/N-ethyl adjacent to an activating group) is 1. The Labute approximate surface area is 124 Å². The van der Waals surface area contributed by atoms with Crippen LogP contribution in [-0.2, 0) is 4.79 Å². The molecule has 6 nitrogen and oxygen atoms in total. The van der Waals surface area contributed by atoms with Crippen LogP contribution in [0.4, 0.5) is 5.82 Å². The lowest BCUT2D eigenvalue weighted by atomic mass is 10.1. The molecule has 6 heteroatoms. The van der Waals surface area contributed by atoms with Gasteiger partial charge in [0.25, 0.3) is 0 Å². The topological polar surface area (TPSA) is 79.8 Å². The van der Waals surface area contributed by atoms with Gasteiger partial charge in [0, 0.05) is 12.7 Å². The van der Waals surface area contributed by atoms with E-state index in [-0.39, 0.29) is 11.9 Å². The summed E-state index contributed by atoms with van der Waals surface area (Å²) < 4.78 is 0. The number of amides is 1. The van der Waals surface area contributed by atoms with Gasteiger partial charge < -0.3 is 10.6 Å². The third-order valence-electron chi connectivity index (χ3n) is 3.38. The molecule has 0 radical (unpaired) electrons. The van der Waals surface area contributed by atoms with Gasteiger partial charge in [-0.3, -0.25) is 4.79 Å². The Hall–Kier alpha value is -2.24. The van der Waals surface area contributed by atoms with E-state index in [0.717, 1.165) is 29.5 Å². The van der Waals surface area contributed by atoms with Gasteiger partial charge in [0.05, 0.1) is 5.39 Å². The first-order valence-electron chi connectivity index (χ1n) is 7.14. The molecular weight excluding hydrogens is 266 g/mol. The molecule has 1 atom stereocenters. The molecule has 2 N–H and O–H groups in total. The van der Waals surface area contributed by atoms with E-state index < -0.39 is 0 Å². The zero-order valence-electron chi connectivity index (χ0n) is 12.9. The van der Waals surface area contributed by atoms with Crippen LogP contribution in [0.2, 0.25) is 0 Å². The summed E-state index contributed by atoms with van der Waals surface area (Å²) in [5.74, 6) is 0.619. The molecule has 21 heavy (non-hydrogen) atoms. The van der Waals surface area contributed by atoms with E-state index in [1.165, 1.54) is 6.33 Å².